The van der Waals surface area contributed by atoms with Gasteiger partial charge in [0.25, 0.3) is 0 Å². The molecule has 0 amide bonds. The van der Waals surface area contributed by atoms with Gasteiger partial charge in [-0.1, -0.05) is 6.07 Å². The van der Waals surface area contributed by atoms with E-state index in [2.05, 4.69) is 9.71 Å². The van der Waals surface area contributed by atoms with Crippen LogP contribution in [-0.4, -0.2) is 21.1 Å². The molecule has 0 aliphatic carbocycles. The van der Waals surface area contributed by atoms with Crippen LogP contribution in [0.5, 0.6) is 0 Å². The lowest BCUT2D eigenvalue weighted by Crippen LogP contribution is -2.21. The van der Waals surface area contributed by atoms with Crippen molar-refractivity contribution in [1.29, 1.82) is 0 Å². The van der Waals surface area contributed by atoms with Crippen LogP contribution in [0.25, 0.3) is 0 Å². The molecule has 0 saturated carbocycles. The first-order valence-corrected chi connectivity index (χ1v) is 5.76. The molecular formula is C10H10N2O3S. The first-order valence-electron chi connectivity index (χ1n) is 4.65. The van der Waals surface area contributed by atoms with Gasteiger partial charge in [-0.25, -0.2) is 4.21 Å². The fourth-order valence-corrected chi connectivity index (χ4v) is 2.43. The molecule has 0 aromatic heterocycles. The number of hydrogen-bond acceptors (Lipinski definition) is 3. The van der Waals surface area contributed by atoms with Crippen LogP contribution in [0, 0.1) is 6.92 Å². The summed E-state index contributed by atoms with van der Waals surface area (Å²) in [6.45, 7) is 1.90. The molecule has 1 aliphatic rings. The molecule has 0 fully saturated rings. The second kappa shape index (κ2) is 4.05. The maximum Gasteiger partial charge on any atom is 0.311 e. The maximum absolute atomic E-state index is 11.7. The molecule has 5 nitrogen and oxygen atoms in total. The molecule has 0 radical (unpaired) electrons. The van der Waals surface area contributed by atoms with Crippen LogP contribution in [0.15, 0.2) is 27.5 Å². The minimum Gasteiger partial charge on any atom is -0.481 e. The number of carboxylic acids is 1. The first-order chi connectivity index (χ1) is 7.56. The van der Waals surface area contributed by atoms with Gasteiger partial charge in [0.15, 0.2) is 11.0 Å². The molecule has 0 saturated heterocycles. The van der Waals surface area contributed by atoms with Crippen molar-refractivity contribution in [3.8, 4) is 0 Å². The summed E-state index contributed by atoms with van der Waals surface area (Å²) in [5.74, 6) is -0.777. The molecular weight excluding hydrogens is 228 g/mol. The van der Waals surface area contributed by atoms with Gasteiger partial charge < -0.3 is 10.4 Å². The number of amidine groups is 1. The SMILES string of the molecule is Cc1ccc2c(c1)S(=O)N=C(CC(=O)O)N2. The number of carbonyl (C=O) groups is 1. The summed E-state index contributed by atoms with van der Waals surface area (Å²) in [6, 6.07) is 5.42. The standard InChI is InChI=1S/C10H10N2O3S/c1-6-2-3-7-8(4-6)16(15)12-9(11-7)5-10(13)14/h2-4H,5H2,1H3,(H,11,12)(H,13,14). The highest BCUT2D eigenvalue weighted by Crippen LogP contribution is 2.25. The number of hydrogen-bond donors (Lipinski definition) is 2. The third kappa shape index (κ3) is 2.11. The zero-order valence-electron chi connectivity index (χ0n) is 8.56. The number of anilines is 1. The van der Waals surface area contributed by atoms with Crippen molar-refractivity contribution in [1.82, 2.24) is 0 Å². The minimum atomic E-state index is -1.51. The lowest BCUT2D eigenvalue weighted by molar-refractivity contribution is -0.135. The van der Waals surface area contributed by atoms with E-state index in [0.717, 1.165) is 5.56 Å². The van der Waals surface area contributed by atoms with Crippen molar-refractivity contribution in [3.63, 3.8) is 0 Å². The molecule has 0 spiro atoms. The second-order valence-corrected chi connectivity index (χ2v) is 4.60. The summed E-state index contributed by atoms with van der Waals surface area (Å²) < 4.78 is 15.5. The van der Waals surface area contributed by atoms with Crippen LogP contribution in [0.4, 0.5) is 5.69 Å². The van der Waals surface area contributed by atoms with E-state index in [4.69, 9.17) is 5.11 Å². The van der Waals surface area contributed by atoms with Gasteiger partial charge in [0.1, 0.15) is 12.3 Å². The van der Waals surface area contributed by atoms with Crippen molar-refractivity contribution < 1.29 is 14.1 Å². The summed E-state index contributed by atoms with van der Waals surface area (Å²) in [5.41, 5.74) is 1.65. The molecule has 2 rings (SSSR count). The fourth-order valence-electron chi connectivity index (χ4n) is 1.42. The minimum absolute atomic E-state index is 0.224. The molecule has 84 valence electrons. The molecule has 1 heterocycles. The molecule has 1 atom stereocenters. The van der Waals surface area contributed by atoms with Crippen molar-refractivity contribution in [2.24, 2.45) is 4.40 Å². The average molecular weight is 238 g/mol. The highest BCUT2D eigenvalue weighted by atomic mass is 32.2. The molecule has 1 aliphatic heterocycles. The largest absolute Gasteiger partial charge is 0.481 e. The summed E-state index contributed by atoms with van der Waals surface area (Å²) in [5, 5.41) is 11.5. The van der Waals surface area contributed by atoms with Gasteiger partial charge in [-0.15, -0.1) is 0 Å². The Morgan fingerprint density at radius 1 is 1.56 bits per heavy atom. The molecule has 2 N–H and O–H groups in total. The Balaban J connectivity index is 2.34. The quantitative estimate of drug-likeness (QED) is 0.814. The lowest BCUT2D eigenvalue weighted by atomic mass is 10.2. The number of carboxylic acid groups (broad SMARTS) is 1. The van der Waals surface area contributed by atoms with E-state index >= 15 is 0 Å². The summed E-state index contributed by atoms with van der Waals surface area (Å²) in [6.07, 6.45) is -0.251. The van der Waals surface area contributed by atoms with Crippen LogP contribution >= 0.6 is 0 Å². The Hall–Kier alpha value is -1.69. The highest BCUT2D eigenvalue weighted by Gasteiger charge is 2.19. The molecule has 6 heteroatoms. The predicted octanol–water partition coefficient (Wildman–Crippen LogP) is 1.32. The Kier molecular flexibility index (Phi) is 2.74. The van der Waals surface area contributed by atoms with E-state index in [9.17, 15) is 9.00 Å². The van der Waals surface area contributed by atoms with Crippen molar-refractivity contribution in [3.05, 3.63) is 23.8 Å². The zero-order valence-corrected chi connectivity index (χ0v) is 9.37. The van der Waals surface area contributed by atoms with Gasteiger partial charge in [-0.2, -0.15) is 4.40 Å². The Bertz CT molecular complexity index is 511. The molecule has 1 unspecified atom stereocenters. The highest BCUT2D eigenvalue weighted by molar-refractivity contribution is 7.84. The zero-order chi connectivity index (χ0) is 11.7. The van der Waals surface area contributed by atoms with Crippen LogP contribution < -0.4 is 5.32 Å². The maximum atomic E-state index is 11.7. The van der Waals surface area contributed by atoms with E-state index in [1.165, 1.54) is 0 Å². The normalized spacial score (nSPS) is 18.3. The predicted molar refractivity (Wildman–Crippen MR) is 60.9 cm³/mol. The van der Waals surface area contributed by atoms with Crippen LogP contribution in [0.1, 0.15) is 12.0 Å². The number of nitrogens with one attached hydrogen (secondary N) is 1. The first kappa shape index (κ1) is 10.8. The van der Waals surface area contributed by atoms with Gasteiger partial charge in [-0.3, -0.25) is 4.79 Å². The van der Waals surface area contributed by atoms with E-state index in [1.807, 2.05) is 13.0 Å². The van der Waals surface area contributed by atoms with Gasteiger partial charge in [0.2, 0.25) is 0 Å². The van der Waals surface area contributed by atoms with Crippen LogP contribution in [0.3, 0.4) is 0 Å². The fraction of sp³-hybridized carbons (Fsp3) is 0.200. The third-order valence-corrected chi connectivity index (χ3v) is 3.22. The third-order valence-electron chi connectivity index (χ3n) is 2.12. The molecule has 1 aromatic carbocycles. The molecule has 0 bridgehead atoms. The van der Waals surface area contributed by atoms with E-state index in [0.29, 0.717) is 10.6 Å². The summed E-state index contributed by atoms with van der Waals surface area (Å²) >= 11 is 0. The Labute approximate surface area is 94.8 Å². The number of fused-ring (bicyclic) bond motifs is 1. The number of aryl methyl sites for hydroxylation is 1. The monoisotopic (exact) mass is 238 g/mol. The van der Waals surface area contributed by atoms with E-state index < -0.39 is 17.0 Å². The summed E-state index contributed by atoms with van der Waals surface area (Å²) in [7, 11) is -1.51. The topological polar surface area (TPSA) is 78.8 Å². The Morgan fingerprint density at radius 3 is 3.00 bits per heavy atom. The van der Waals surface area contributed by atoms with Crippen molar-refractivity contribution in [2.75, 3.05) is 5.32 Å². The number of benzene rings is 1. The number of nitrogens with zero attached hydrogens (tertiary/aromatic N) is 1. The Morgan fingerprint density at radius 2 is 2.31 bits per heavy atom. The molecule has 1 aromatic rings. The van der Waals surface area contributed by atoms with Gasteiger partial charge in [0, 0.05) is 0 Å². The van der Waals surface area contributed by atoms with Gasteiger partial charge in [-0.05, 0) is 24.6 Å². The van der Waals surface area contributed by atoms with Crippen LogP contribution in [0.2, 0.25) is 0 Å². The van der Waals surface area contributed by atoms with Gasteiger partial charge >= 0.3 is 5.97 Å². The summed E-state index contributed by atoms with van der Waals surface area (Å²) in [4.78, 5) is 11.1. The average Bonchev–Trinajstić information content (AvgIpc) is 2.18. The van der Waals surface area contributed by atoms with Gasteiger partial charge in [0.05, 0.1) is 10.6 Å². The molecule has 16 heavy (non-hydrogen) atoms. The second-order valence-electron chi connectivity index (χ2n) is 3.48. The lowest BCUT2D eigenvalue weighted by Gasteiger charge is -2.16. The van der Waals surface area contributed by atoms with Crippen molar-refractivity contribution in [2.45, 2.75) is 18.2 Å². The smallest absolute Gasteiger partial charge is 0.311 e. The van der Waals surface area contributed by atoms with Crippen LogP contribution in [-0.2, 0) is 15.8 Å². The van der Waals surface area contributed by atoms with E-state index in [-0.39, 0.29) is 12.3 Å². The van der Waals surface area contributed by atoms with Crippen molar-refractivity contribution >= 4 is 28.5 Å². The number of aliphatic carboxylic acids is 1. The van der Waals surface area contributed by atoms with E-state index in [1.54, 1.807) is 12.1 Å². The number of rotatable bonds is 2.